The number of hydrogen-bond acceptors (Lipinski definition) is 3. The maximum absolute atomic E-state index is 12.0. The first-order valence-corrected chi connectivity index (χ1v) is 6.40. The minimum absolute atomic E-state index is 0.0182. The standard InChI is InChI=1S/C12H21N3O2/c1-2-10(6-11(13)15-17)14-12(16)9-4-7-3-8(7)5-9/h7-10,17H,2-6H2,1H3,(H2,13,15)(H,14,16). The van der Waals surface area contributed by atoms with E-state index in [1.54, 1.807) is 0 Å². The monoisotopic (exact) mass is 239 g/mol. The fraction of sp³-hybridized carbons (Fsp3) is 0.833. The molecule has 3 unspecified atom stereocenters. The number of amidine groups is 1. The molecular formula is C12H21N3O2. The summed E-state index contributed by atoms with van der Waals surface area (Å²) in [6, 6.07) is -0.0182. The first kappa shape index (κ1) is 12.2. The molecule has 0 aromatic rings. The fourth-order valence-electron chi connectivity index (χ4n) is 2.84. The highest BCUT2D eigenvalue weighted by Gasteiger charge is 2.48. The third-order valence-corrected chi connectivity index (χ3v) is 4.04. The van der Waals surface area contributed by atoms with Crippen molar-refractivity contribution in [3.05, 3.63) is 0 Å². The molecule has 1 amide bonds. The Hall–Kier alpha value is -1.26. The molecule has 4 N–H and O–H groups in total. The average Bonchev–Trinajstić information content (AvgIpc) is 2.94. The minimum atomic E-state index is -0.0182. The number of amides is 1. The lowest BCUT2D eigenvalue weighted by molar-refractivity contribution is -0.125. The van der Waals surface area contributed by atoms with Crippen molar-refractivity contribution in [1.82, 2.24) is 5.32 Å². The largest absolute Gasteiger partial charge is 0.409 e. The van der Waals surface area contributed by atoms with Gasteiger partial charge < -0.3 is 16.3 Å². The number of carbonyl (C=O) groups is 1. The molecule has 5 heteroatoms. The van der Waals surface area contributed by atoms with E-state index in [-0.39, 0.29) is 23.7 Å². The van der Waals surface area contributed by atoms with Crippen LogP contribution >= 0.6 is 0 Å². The Morgan fingerprint density at radius 3 is 2.65 bits per heavy atom. The van der Waals surface area contributed by atoms with E-state index in [0.717, 1.165) is 31.1 Å². The smallest absolute Gasteiger partial charge is 0.223 e. The fourth-order valence-corrected chi connectivity index (χ4v) is 2.84. The van der Waals surface area contributed by atoms with Crippen LogP contribution in [0.25, 0.3) is 0 Å². The lowest BCUT2D eigenvalue weighted by Gasteiger charge is -2.19. The van der Waals surface area contributed by atoms with E-state index in [0.29, 0.717) is 6.42 Å². The van der Waals surface area contributed by atoms with Crippen LogP contribution in [0.2, 0.25) is 0 Å². The Kier molecular flexibility index (Phi) is 3.54. The van der Waals surface area contributed by atoms with Crippen molar-refractivity contribution < 1.29 is 10.0 Å². The number of rotatable bonds is 5. The molecule has 5 nitrogen and oxygen atoms in total. The number of oxime groups is 1. The lowest BCUT2D eigenvalue weighted by atomic mass is 10.0. The zero-order valence-electron chi connectivity index (χ0n) is 10.2. The Morgan fingerprint density at radius 2 is 2.12 bits per heavy atom. The second kappa shape index (κ2) is 4.94. The van der Waals surface area contributed by atoms with Gasteiger partial charge in [-0.3, -0.25) is 4.79 Å². The summed E-state index contributed by atoms with van der Waals surface area (Å²) in [5.74, 6) is 2.14. The van der Waals surface area contributed by atoms with Crippen molar-refractivity contribution in [3.8, 4) is 0 Å². The molecule has 0 radical (unpaired) electrons. The molecule has 3 atom stereocenters. The zero-order valence-corrected chi connectivity index (χ0v) is 10.2. The van der Waals surface area contributed by atoms with Crippen LogP contribution in [0.3, 0.4) is 0 Å². The van der Waals surface area contributed by atoms with Gasteiger partial charge >= 0.3 is 0 Å². The minimum Gasteiger partial charge on any atom is -0.409 e. The number of nitrogens with zero attached hydrogens (tertiary/aromatic N) is 1. The van der Waals surface area contributed by atoms with Gasteiger partial charge in [0.2, 0.25) is 5.91 Å². The van der Waals surface area contributed by atoms with E-state index in [1.165, 1.54) is 6.42 Å². The van der Waals surface area contributed by atoms with E-state index >= 15 is 0 Å². The van der Waals surface area contributed by atoms with Gasteiger partial charge in [0.25, 0.3) is 0 Å². The highest BCUT2D eigenvalue weighted by Crippen LogP contribution is 2.54. The highest BCUT2D eigenvalue weighted by atomic mass is 16.4. The molecule has 2 rings (SSSR count). The van der Waals surface area contributed by atoms with Gasteiger partial charge in [-0.1, -0.05) is 12.1 Å². The molecule has 0 saturated heterocycles. The molecule has 0 aromatic carbocycles. The zero-order chi connectivity index (χ0) is 12.4. The predicted molar refractivity (Wildman–Crippen MR) is 64.6 cm³/mol. The van der Waals surface area contributed by atoms with Gasteiger partial charge in [-0.15, -0.1) is 0 Å². The van der Waals surface area contributed by atoms with Crippen LogP contribution in [0, 0.1) is 17.8 Å². The third-order valence-electron chi connectivity index (χ3n) is 4.04. The molecule has 2 aliphatic carbocycles. The van der Waals surface area contributed by atoms with Crippen LogP contribution in [-0.4, -0.2) is 23.0 Å². The summed E-state index contributed by atoms with van der Waals surface area (Å²) in [7, 11) is 0. The molecule has 0 bridgehead atoms. The van der Waals surface area contributed by atoms with Crippen LogP contribution in [0.5, 0.6) is 0 Å². The Morgan fingerprint density at radius 1 is 1.47 bits per heavy atom. The van der Waals surface area contributed by atoms with E-state index in [9.17, 15) is 4.79 Å². The first-order chi connectivity index (χ1) is 8.13. The quantitative estimate of drug-likeness (QED) is 0.290. The van der Waals surface area contributed by atoms with E-state index in [1.807, 2.05) is 6.92 Å². The van der Waals surface area contributed by atoms with E-state index in [4.69, 9.17) is 10.9 Å². The number of nitrogens with one attached hydrogen (secondary N) is 1. The van der Waals surface area contributed by atoms with Crippen LogP contribution in [0.1, 0.15) is 39.0 Å². The van der Waals surface area contributed by atoms with Crippen LogP contribution in [-0.2, 0) is 4.79 Å². The predicted octanol–water partition coefficient (Wildman–Crippen LogP) is 1.06. The molecule has 2 fully saturated rings. The van der Waals surface area contributed by atoms with E-state index < -0.39 is 0 Å². The molecule has 0 spiro atoms. The second-order valence-electron chi connectivity index (χ2n) is 5.33. The first-order valence-electron chi connectivity index (χ1n) is 6.40. The molecule has 0 aliphatic heterocycles. The number of fused-ring (bicyclic) bond motifs is 1. The van der Waals surface area contributed by atoms with Crippen LogP contribution in [0.15, 0.2) is 5.16 Å². The number of carbonyl (C=O) groups excluding carboxylic acids is 1. The summed E-state index contributed by atoms with van der Waals surface area (Å²) in [6.45, 7) is 1.99. The maximum atomic E-state index is 12.0. The summed E-state index contributed by atoms with van der Waals surface area (Å²) in [4.78, 5) is 12.0. The summed E-state index contributed by atoms with van der Waals surface area (Å²) < 4.78 is 0. The average molecular weight is 239 g/mol. The van der Waals surface area contributed by atoms with Crippen molar-refractivity contribution in [1.29, 1.82) is 0 Å². The molecule has 2 aliphatic rings. The number of hydrogen-bond donors (Lipinski definition) is 3. The van der Waals surface area contributed by atoms with Crippen LogP contribution in [0.4, 0.5) is 0 Å². The van der Waals surface area contributed by atoms with Gasteiger partial charge in [0.15, 0.2) is 0 Å². The van der Waals surface area contributed by atoms with Gasteiger partial charge in [-0.25, -0.2) is 0 Å². The molecule has 2 saturated carbocycles. The van der Waals surface area contributed by atoms with Gasteiger partial charge in [0.05, 0.1) is 0 Å². The van der Waals surface area contributed by atoms with Crippen LogP contribution < -0.4 is 11.1 Å². The van der Waals surface area contributed by atoms with Crippen molar-refractivity contribution in [2.45, 2.75) is 45.1 Å². The molecule has 0 heterocycles. The lowest BCUT2D eigenvalue weighted by Crippen LogP contribution is -2.40. The molecular weight excluding hydrogens is 218 g/mol. The Labute approximate surface area is 101 Å². The third kappa shape index (κ3) is 2.90. The van der Waals surface area contributed by atoms with E-state index in [2.05, 4.69) is 10.5 Å². The Bertz CT molecular complexity index is 320. The summed E-state index contributed by atoms with van der Waals surface area (Å²) >= 11 is 0. The van der Waals surface area contributed by atoms with Crippen molar-refractivity contribution in [2.75, 3.05) is 0 Å². The van der Waals surface area contributed by atoms with Gasteiger partial charge in [-0.2, -0.15) is 0 Å². The SMILES string of the molecule is CCC(CC(N)=NO)NC(=O)C1CC2CC2C1. The summed E-state index contributed by atoms with van der Waals surface area (Å²) in [6.07, 6.45) is 4.64. The Balaban J connectivity index is 1.79. The maximum Gasteiger partial charge on any atom is 0.223 e. The van der Waals surface area contributed by atoms with Crippen molar-refractivity contribution in [2.24, 2.45) is 28.6 Å². The van der Waals surface area contributed by atoms with Gasteiger partial charge in [0.1, 0.15) is 5.84 Å². The number of nitrogens with two attached hydrogens (primary N) is 1. The molecule has 96 valence electrons. The highest BCUT2D eigenvalue weighted by molar-refractivity contribution is 5.83. The molecule has 0 aromatic heterocycles. The summed E-state index contributed by atoms with van der Waals surface area (Å²) in [5, 5.41) is 14.5. The van der Waals surface area contributed by atoms with Crippen molar-refractivity contribution >= 4 is 11.7 Å². The normalized spacial score (nSPS) is 33.0. The summed E-state index contributed by atoms with van der Waals surface area (Å²) in [5.41, 5.74) is 5.46. The van der Waals surface area contributed by atoms with Crippen molar-refractivity contribution in [3.63, 3.8) is 0 Å². The second-order valence-corrected chi connectivity index (χ2v) is 5.33. The van der Waals surface area contributed by atoms with Gasteiger partial charge in [0, 0.05) is 18.4 Å². The molecule has 17 heavy (non-hydrogen) atoms. The van der Waals surface area contributed by atoms with Gasteiger partial charge in [-0.05, 0) is 37.5 Å². The topological polar surface area (TPSA) is 87.7 Å².